The normalized spacial score (nSPS) is 10.7. The SMILES string of the molecule is Cc1ccc(C(=O)Nc2c(C)nn(Cc3ccccc3)c2C)s1. The maximum Gasteiger partial charge on any atom is 0.265 e. The molecule has 0 aliphatic carbocycles. The second-order valence-corrected chi connectivity index (χ2v) is 6.84. The van der Waals surface area contributed by atoms with E-state index in [0.29, 0.717) is 6.54 Å². The smallest absolute Gasteiger partial charge is 0.265 e. The van der Waals surface area contributed by atoms with Crippen molar-refractivity contribution in [2.24, 2.45) is 0 Å². The number of carbonyl (C=O) groups is 1. The van der Waals surface area contributed by atoms with Crippen molar-refractivity contribution in [3.63, 3.8) is 0 Å². The van der Waals surface area contributed by atoms with Crippen molar-refractivity contribution in [3.05, 3.63) is 69.2 Å². The molecule has 0 fully saturated rings. The highest BCUT2D eigenvalue weighted by Crippen LogP contribution is 2.23. The summed E-state index contributed by atoms with van der Waals surface area (Å²) in [5.41, 5.74) is 3.79. The molecule has 2 heterocycles. The standard InChI is InChI=1S/C18H19N3OS/c1-12-9-10-16(23-12)18(22)19-17-13(2)20-21(14(17)3)11-15-7-5-4-6-8-15/h4-10H,11H2,1-3H3,(H,19,22). The minimum absolute atomic E-state index is 0.0754. The Bertz CT molecular complexity index is 833. The number of aromatic nitrogens is 2. The fourth-order valence-corrected chi connectivity index (χ4v) is 3.28. The lowest BCUT2D eigenvalue weighted by atomic mass is 10.2. The lowest BCUT2D eigenvalue weighted by molar-refractivity contribution is 0.103. The minimum Gasteiger partial charge on any atom is -0.318 e. The molecular weight excluding hydrogens is 306 g/mol. The zero-order chi connectivity index (χ0) is 16.4. The third-order valence-electron chi connectivity index (χ3n) is 3.76. The van der Waals surface area contributed by atoms with Crippen LogP contribution in [-0.4, -0.2) is 15.7 Å². The molecule has 0 saturated carbocycles. The van der Waals surface area contributed by atoms with Crippen LogP contribution in [0.2, 0.25) is 0 Å². The van der Waals surface area contributed by atoms with Crippen LogP contribution in [0.3, 0.4) is 0 Å². The van der Waals surface area contributed by atoms with Gasteiger partial charge in [0.1, 0.15) is 0 Å². The number of rotatable bonds is 4. The van der Waals surface area contributed by atoms with E-state index in [-0.39, 0.29) is 5.91 Å². The second-order valence-electron chi connectivity index (χ2n) is 5.55. The van der Waals surface area contributed by atoms with Crippen LogP contribution in [0, 0.1) is 20.8 Å². The molecule has 1 amide bonds. The van der Waals surface area contributed by atoms with E-state index in [4.69, 9.17) is 0 Å². The largest absolute Gasteiger partial charge is 0.318 e. The molecule has 0 atom stereocenters. The lowest BCUT2D eigenvalue weighted by Crippen LogP contribution is -2.12. The number of nitrogens with zero attached hydrogens (tertiary/aromatic N) is 2. The van der Waals surface area contributed by atoms with Crippen molar-refractivity contribution in [1.82, 2.24) is 9.78 Å². The van der Waals surface area contributed by atoms with Gasteiger partial charge < -0.3 is 5.32 Å². The van der Waals surface area contributed by atoms with Crippen LogP contribution in [0.5, 0.6) is 0 Å². The average molecular weight is 325 g/mol. The van der Waals surface area contributed by atoms with Gasteiger partial charge in [0.05, 0.1) is 28.5 Å². The Morgan fingerprint density at radius 3 is 2.52 bits per heavy atom. The van der Waals surface area contributed by atoms with Crippen molar-refractivity contribution in [2.75, 3.05) is 5.32 Å². The molecule has 0 aliphatic rings. The van der Waals surface area contributed by atoms with Crippen molar-refractivity contribution < 1.29 is 4.79 Å². The highest BCUT2D eigenvalue weighted by molar-refractivity contribution is 7.14. The monoisotopic (exact) mass is 325 g/mol. The van der Waals surface area contributed by atoms with Gasteiger partial charge in [0, 0.05) is 4.88 Å². The van der Waals surface area contributed by atoms with Crippen molar-refractivity contribution in [2.45, 2.75) is 27.3 Å². The third kappa shape index (κ3) is 3.35. The highest BCUT2D eigenvalue weighted by atomic mass is 32.1. The molecule has 118 valence electrons. The molecular formula is C18H19N3OS. The first-order chi connectivity index (χ1) is 11.0. The van der Waals surface area contributed by atoms with Gasteiger partial charge in [-0.15, -0.1) is 11.3 Å². The summed E-state index contributed by atoms with van der Waals surface area (Å²) in [6.07, 6.45) is 0. The van der Waals surface area contributed by atoms with Crippen molar-refractivity contribution in [1.29, 1.82) is 0 Å². The Morgan fingerprint density at radius 2 is 1.87 bits per heavy atom. The van der Waals surface area contributed by atoms with Crippen LogP contribution in [-0.2, 0) is 6.54 Å². The number of thiophene rings is 1. The van der Waals surface area contributed by atoms with E-state index in [2.05, 4.69) is 22.5 Å². The van der Waals surface area contributed by atoms with E-state index in [1.807, 2.05) is 55.8 Å². The van der Waals surface area contributed by atoms with Gasteiger partial charge in [0.15, 0.2) is 0 Å². The third-order valence-corrected chi connectivity index (χ3v) is 4.76. The number of anilines is 1. The molecule has 0 unspecified atom stereocenters. The second kappa shape index (κ2) is 6.38. The Kier molecular flexibility index (Phi) is 4.30. The number of nitrogens with one attached hydrogen (secondary N) is 1. The Morgan fingerprint density at radius 1 is 1.13 bits per heavy atom. The summed E-state index contributed by atoms with van der Waals surface area (Å²) in [7, 11) is 0. The van der Waals surface area contributed by atoms with E-state index in [9.17, 15) is 4.79 Å². The van der Waals surface area contributed by atoms with Gasteiger partial charge in [0.2, 0.25) is 0 Å². The number of amides is 1. The van der Waals surface area contributed by atoms with Crippen LogP contribution in [0.15, 0.2) is 42.5 Å². The van der Waals surface area contributed by atoms with Crippen LogP contribution >= 0.6 is 11.3 Å². The van der Waals surface area contributed by atoms with Crippen molar-refractivity contribution >= 4 is 22.9 Å². The Hall–Kier alpha value is -2.40. The maximum absolute atomic E-state index is 12.4. The Labute approximate surface area is 139 Å². The highest BCUT2D eigenvalue weighted by Gasteiger charge is 2.16. The van der Waals surface area contributed by atoms with Crippen LogP contribution in [0.4, 0.5) is 5.69 Å². The maximum atomic E-state index is 12.4. The zero-order valence-corrected chi connectivity index (χ0v) is 14.3. The van der Waals surface area contributed by atoms with Gasteiger partial charge in [-0.05, 0) is 38.5 Å². The van der Waals surface area contributed by atoms with Gasteiger partial charge in [-0.1, -0.05) is 30.3 Å². The fourth-order valence-electron chi connectivity index (χ4n) is 2.52. The summed E-state index contributed by atoms with van der Waals surface area (Å²) in [6.45, 7) is 6.60. The first kappa shape index (κ1) is 15.5. The van der Waals surface area contributed by atoms with E-state index >= 15 is 0 Å². The molecule has 0 saturated heterocycles. The van der Waals surface area contributed by atoms with Crippen LogP contribution in [0.25, 0.3) is 0 Å². The topological polar surface area (TPSA) is 46.9 Å². The summed E-state index contributed by atoms with van der Waals surface area (Å²) in [5, 5.41) is 7.57. The quantitative estimate of drug-likeness (QED) is 0.782. The summed E-state index contributed by atoms with van der Waals surface area (Å²) in [6, 6.07) is 14.0. The average Bonchev–Trinajstić information content (AvgIpc) is 3.08. The van der Waals surface area contributed by atoms with Crippen LogP contribution in [0.1, 0.15) is 31.5 Å². The Balaban J connectivity index is 1.82. The van der Waals surface area contributed by atoms with Crippen LogP contribution < -0.4 is 5.32 Å². The molecule has 23 heavy (non-hydrogen) atoms. The molecule has 3 rings (SSSR count). The summed E-state index contributed by atoms with van der Waals surface area (Å²) >= 11 is 1.50. The van der Waals surface area contributed by atoms with Gasteiger partial charge in [-0.25, -0.2) is 0 Å². The fraction of sp³-hybridized carbons (Fsp3) is 0.222. The molecule has 2 aromatic heterocycles. The van der Waals surface area contributed by atoms with E-state index in [0.717, 1.165) is 26.8 Å². The molecule has 0 radical (unpaired) electrons. The van der Waals surface area contributed by atoms with E-state index in [1.54, 1.807) is 0 Å². The predicted molar refractivity (Wildman–Crippen MR) is 94.3 cm³/mol. The number of aryl methyl sites for hydroxylation is 2. The number of hydrogen-bond donors (Lipinski definition) is 1. The number of hydrogen-bond acceptors (Lipinski definition) is 3. The first-order valence-electron chi connectivity index (χ1n) is 7.50. The molecule has 0 aliphatic heterocycles. The van der Waals surface area contributed by atoms with Gasteiger partial charge >= 0.3 is 0 Å². The zero-order valence-electron chi connectivity index (χ0n) is 13.5. The van der Waals surface area contributed by atoms with E-state index < -0.39 is 0 Å². The van der Waals surface area contributed by atoms with E-state index in [1.165, 1.54) is 16.9 Å². The molecule has 4 nitrogen and oxygen atoms in total. The molecule has 0 spiro atoms. The summed E-state index contributed by atoms with van der Waals surface area (Å²) in [5.74, 6) is -0.0754. The molecule has 1 aromatic carbocycles. The molecule has 0 bridgehead atoms. The lowest BCUT2D eigenvalue weighted by Gasteiger charge is -2.06. The molecule has 3 aromatic rings. The minimum atomic E-state index is -0.0754. The summed E-state index contributed by atoms with van der Waals surface area (Å²) in [4.78, 5) is 14.2. The first-order valence-corrected chi connectivity index (χ1v) is 8.32. The molecule has 5 heteroatoms. The summed E-state index contributed by atoms with van der Waals surface area (Å²) < 4.78 is 1.93. The van der Waals surface area contributed by atoms with Gasteiger partial charge in [0.25, 0.3) is 5.91 Å². The van der Waals surface area contributed by atoms with Gasteiger partial charge in [-0.2, -0.15) is 5.10 Å². The van der Waals surface area contributed by atoms with Crippen molar-refractivity contribution in [3.8, 4) is 0 Å². The molecule has 1 N–H and O–H groups in total. The number of benzene rings is 1. The predicted octanol–water partition coefficient (Wildman–Crippen LogP) is 4.17. The van der Waals surface area contributed by atoms with Gasteiger partial charge in [-0.3, -0.25) is 9.48 Å². The number of carbonyl (C=O) groups excluding carboxylic acids is 1.